The molecule has 1 aromatic heterocycles. The second kappa shape index (κ2) is 8.10. The minimum absolute atomic E-state index is 0.00370. The van der Waals surface area contributed by atoms with E-state index in [2.05, 4.69) is 15.3 Å². The van der Waals surface area contributed by atoms with Crippen molar-refractivity contribution in [2.75, 3.05) is 18.1 Å². The molecule has 1 atom stereocenters. The lowest BCUT2D eigenvalue weighted by molar-refractivity contribution is -0.0114. The molecule has 4 bridgehead atoms. The molecule has 2 aromatic rings. The smallest absolute Gasteiger partial charge is 0.405 e. The molecular formula is C25H32N4O3. The number of aliphatic hydroxyl groups is 1. The first-order valence-corrected chi connectivity index (χ1v) is 12.2. The van der Waals surface area contributed by atoms with Gasteiger partial charge in [0.2, 0.25) is 0 Å². The number of benzene rings is 1. The standard InChI is InChI=1S/C25H32N4O3/c30-15-21-7-4-8-28(21)24-22(14-26-29(24)20-5-2-1-3-6-20)32-25(31)27-23-18-10-16-9-17(12-18)13-19(23)11-16/h1-3,5-6,14,16-19,21,23,30H,4,7-13,15H2,(H,27,31)/t16?,17?,18?,19?,21-,23?/m0/s1. The van der Waals surface area contributed by atoms with Crippen molar-refractivity contribution in [2.24, 2.45) is 23.7 Å². The van der Waals surface area contributed by atoms with Gasteiger partial charge in [-0.3, -0.25) is 0 Å². The molecule has 1 amide bonds. The van der Waals surface area contributed by atoms with E-state index in [1.54, 1.807) is 6.20 Å². The Morgan fingerprint density at radius 3 is 2.50 bits per heavy atom. The minimum Gasteiger partial charge on any atom is -0.405 e. The maximum atomic E-state index is 13.0. The molecule has 2 heterocycles. The molecule has 5 aliphatic rings. The molecule has 0 unspecified atom stereocenters. The van der Waals surface area contributed by atoms with Crippen LogP contribution in [0.3, 0.4) is 0 Å². The summed E-state index contributed by atoms with van der Waals surface area (Å²) in [6.45, 7) is 0.872. The van der Waals surface area contributed by atoms with Crippen LogP contribution in [-0.4, -0.2) is 46.2 Å². The molecular weight excluding hydrogens is 404 g/mol. The van der Waals surface area contributed by atoms with Gasteiger partial charge in [-0.05, 0) is 80.8 Å². The first-order chi connectivity index (χ1) is 15.7. The van der Waals surface area contributed by atoms with Gasteiger partial charge in [-0.15, -0.1) is 0 Å². The van der Waals surface area contributed by atoms with Gasteiger partial charge >= 0.3 is 6.09 Å². The largest absolute Gasteiger partial charge is 0.413 e. The van der Waals surface area contributed by atoms with E-state index in [0.29, 0.717) is 17.6 Å². The molecule has 1 aromatic carbocycles. The fourth-order valence-corrected chi connectivity index (χ4v) is 7.15. The number of rotatable bonds is 5. The Bertz CT molecular complexity index is 947. The number of carbonyl (C=O) groups excluding carboxylic acids is 1. The van der Waals surface area contributed by atoms with Crippen LogP contribution in [0.4, 0.5) is 10.6 Å². The first kappa shape index (κ1) is 20.1. The van der Waals surface area contributed by atoms with Crippen LogP contribution in [0.1, 0.15) is 44.9 Å². The predicted molar refractivity (Wildman–Crippen MR) is 121 cm³/mol. The quantitative estimate of drug-likeness (QED) is 0.746. The second-order valence-corrected chi connectivity index (χ2v) is 10.2. The van der Waals surface area contributed by atoms with Crippen LogP contribution in [-0.2, 0) is 0 Å². The summed E-state index contributed by atoms with van der Waals surface area (Å²) in [6.07, 6.45) is 9.56. The van der Waals surface area contributed by atoms with Gasteiger partial charge in [-0.1, -0.05) is 18.2 Å². The molecule has 1 aliphatic heterocycles. The van der Waals surface area contributed by atoms with E-state index >= 15 is 0 Å². The van der Waals surface area contributed by atoms with Crippen molar-refractivity contribution in [3.05, 3.63) is 36.5 Å². The van der Waals surface area contributed by atoms with Crippen molar-refractivity contribution in [1.82, 2.24) is 15.1 Å². The average Bonchev–Trinajstić information content (AvgIpc) is 3.42. The van der Waals surface area contributed by atoms with E-state index in [1.165, 1.54) is 32.1 Å². The number of aliphatic hydroxyl groups excluding tert-OH is 1. The summed E-state index contributed by atoms with van der Waals surface area (Å²) in [7, 11) is 0. The summed E-state index contributed by atoms with van der Waals surface area (Å²) in [5, 5.41) is 17.7. The molecule has 4 saturated carbocycles. The highest BCUT2D eigenvalue weighted by Gasteiger charge is 2.49. The number of nitrogens with one attached hydrogen (secondary N) is 1. The van der Waals surface area contributed by atoms with Gasteiger partial charge in [0.15, 0.2) is 11.6 Å². The van der Waals surface area contributed by atoms with Crippen LogP contribution in [0.2, 0.25) is 0 Å². The van der Waals surface area contributed by atoms with E-state index in [-0.39, 0.29) is 24.8 Å². The molecule has 7 nitrogen and oxygen atoms in total. The summed E-state index contributed by atoms with van der Waals surface area (Å²) in [6, 6.07) is 10.1. The summed E-state index contributed by atoms with van der Waals surface area (Å²) in [5.74, 6) is 4.13. The van der Waals surface area contributed by atoms with Crippen molar-refractivity contribution in [3.8, 4) is 11.4 Å². The number of ether oxygens (including phenoxy) is 1. The summed E-state index contributed by atoms with van der Waals surface area (Å²) < 4.78 is 7.72. The number of carbonyl (C=O) groups is 1. The fourth-order valence-electron chi connectivity index (χ4n) is 7.15. The highest BCUT2D eigenvalue weighted by atomic mass is 16.6. The third-order valence-corrected chi connectivity index (χ3v) is 8.29. The van der Waals surface area contributed by atoms with E-state index in [1.807, 2.05) is 35.0 Å². The number of amides is 1. The normalized spacial score (nSPS) is 33.0. The van der Waals surface area contributed by atoms with Gasteiger partial charge in [-0.25, -0.2) is 9.48 Å². The topological polar surface area (TPSA) is 79.6 Å². The van der Waals surface area contributed by atoms with E-state index < -0.39 is 0 Å². The molecule has 0 radical (unpaired) electrons. The van der Waals surface area contributed by atoms with Crippen LogP contribution in [0.25, 0.3) is 5.69 Å². The van der Waals surface area contributed by atoms with Crippen molar-refractivity contribution < 1.29 is 14.6 Å². The van der Waals surface area contributed by atoms with Gasteiger partial charge in [-0.2, -0.15) is 5.10 Å². The van der Waals surface area contributed by atoms with Crippen molar-refractivity contribution in [1.29, 1.82) is 0 Å². The molecule has 7 heteroatoms. The molecule has 1 saturated heterocycles. The van der Waals surface area contributed by atoms with Crippen LogP contribution >= 0.6 is 0 Å². The SMILES string of the molecule is O=C(NC1C2CC3CC(C2)CC1C3)Oc1cnn(-c2ccccc2)c1N1CCC[C@H]1CO. The van der Waals surface area contributed by atoms with Gasteiger partial charge in [0.05, 0.1) is 24.5 Å². The number of hydrogen-bond acceptors (Lipinski definition) is 5. The molecule has 4 aliphatic carbocycles. The third-order valence-electron chi connectivity index (χ3n) is 8.29. The molecule has 7 rings (SSSR count). The molecule has 2 N–H and O–H groups in total. The molecule has 5 fully saturated rings. The van der Waals surface area contributed by atoms with Crippen molar-refractivity contribution >= 4 is 11.9 Å². The van der Waals surface area contributed by atoms with E-state index in [4.69, 9.17) is 4.74 Å². The minimum atomic E-state index is -0.379. The fraction of sp³-hybridized carbons (Fsp3) is 0.600. The summed E-state index contributed by atoms with van der Waals surface area (Å²) >= 11 is 0. The van der Waals surface area contributed by atoms with Crippen LogP contribution in [0, 0.1) is 23.7 Å². The van der Waals surface area contributed by atoms with Crippen molar-refractivity contribution in [3.63, 3.8) is 0 Å². The number of para-hydroxylation sites is 1. The van der Waals surface area contributed by atoms with Gasteiger partial charge < -0.3 is 20.1 Å². The number of hydrogen-bond donors (Lipinski definition) is 2. The average molecular weight is 437 g/mol. The zero-order chi connectivity index (χ0) is 21.7. The monoisotopic (exact) mass is 436 g/mol. The highest BCUT2D eigenvalue weighted by Crippen LogP contribution is 2.53. The predicted octanol–water partition coefficient (Wildman–Crippen LogP) is 3.75. The lowest BCUT2D eigenvalue weighted by Crippen LogP contribution is -2.56. The first-order valence-electron chi connectivity index (χ1n) is 12.2. The lowest BCUT2D eigenvalue weighted by Gasteiger charge is -2.54. The highest BCUT2D eigenvalue weighted by molar-refractivity contribution is 5.74. The Labute approximate surface area is 188 Å². The number of aromatic nitrogens is 2. The second-order valence-electron chi connectivity index (χ2n) is 10.2. The number of nitrogens with zero attached hydrogens (tertiary/aromatic N) is 3. The van der Waals surface area contributed by atoms with Gasteiger partial charge in [0.25, 0.3) is 0 Å². The Morgan fingerprint density at radius 2 is 1.81 bits per heavy atom. The Morgan fingerprint density at radius 1 is 1.09 bits per heavy atom. The van der Waals surface area contributed by atoms with Crippen LogP contribution in [0.5, 0.6) is 5.75 Å². The van der Waals surface area contributed by atoms with Gasteiger partial charge in [0, 0.05) is 12.6 Å². The third kappa shape index (κ3) is 3.47. The van der Waals surface area contributed by atoms with E-state index in [0.717, 1.165) is 42.7 Å². The van der Waals surface area contributed by atoms with Crippen LogP contribution in [0.15, 0.2) is 36.5 Å². The zero-order valence-electron chi connectivity index (χ0n) is 18.4. The Balaban J connectivity index is 1.25. The Kier molecular flexibility index (Phi) is 5.09. The maximum Gasteiger partial charge on any atom is 0.413 e. The summed E-state index contributed by atoms with van der Waals surface area (Å²) in [4.78, 5) is 15.2. The maximum absolute atomic E-state index is 13.0. The molecule has 170 valence electrons. The van der Waals surface area contributed by atoms with Gasteiger partial charge in [0.1, 0.15) is 0 Å². The number of anilines is 1. The van der Waals surface area contributed by atoms with E-state index in [9.17, 15) is 9.90 Å². The zero-order valence-corrected chi connectivity index (χ0v) is 18.4. The lowest BCUT2D eigenvalue weighted by atomic mass is 9.54. The van der Waals surface area contributed by atoms with Crippen LogP contribution < -0.4 is 15.0 Å². The molecule has 0 spiro atoms. The summed E-state index contributed by atoms with van der Waals surface area (Å²) in [5.41, 5.74) is 0.905. The van der Waals surface area contributed by atoms with Crippen molar-refractivity contribution in [2.45, 2.75) is 57.0 Å². The molecule has 32 heavy (non-hydrogen) atoms. The Hall–Kier alpha value is -2.54.